The van der Waals surface area contributed by atoms with Gasteiger partial charge in [-0.05, 0) is 36.4 Å². The van der Waals surface area contributed by atoms with Gasteiger partial charge in [-0.25, -0.2) is 4.98 Å². The Morgan fingerprint density at radius 1 is 0.906 bits per heavy atom. The van der Waals surface area contributed by atoms with Gasteiger partial charge >= 0.3 is 17.6 Å². The molecule has 162 valence electrons. The predicted molar refractivity (Wildman–Crippen MR) is 106 cm³/mol. The fraction of sp³-hybridized carbons (Fsp3) is 0.0500. The molecule has 4 aromatic rings. The summed E-state index contributed by atoms with van der Waals surface area (Å²) in [7, 11) is 0. The summed E-state index contributed by atoms with van der Waals surface area (Å²) in [5.74, 6) is -0.412. The van der Waals surface area contributed by atoms with Crippen molar-refractivity contribution in [3.8, 4) is 22.9 Å². The second kappa shape index (κ2) is 7.65. The molecule has 0 spiro atoms. The maximum atomic E-state index is 13.0. The van der Waals surface area contributed by atoms with Crippen LogP contribution in [-0.4, -0.2) is 19.8 Å². The molecule has 0 unspecified atom stereocenters. The summed E-state index contributed by atoms with van der Waals surface area (Å²) in [6.45, 7) is 0. The number of nitro benzene ring substituents is 2. The lowest BCUT2D eigenvalue weighted by atomic mass is 10.1. The van der Waals surface area contributed by atoms with Gasteiger partial charge in [0.25, 0.3) is 5.75 Å². The normalized spacial score (nSPS) is 11.5. The van der Waals surface area contributed by atoms with Crippen molar-refractivity contribution in [2.45, 2.75) is 6.18 Å². The van der Waals surface area contributed by atoms with E-state index >= 15 is 0 Å². The minimum Gasteiger partial charge on any atom is -0.444 e. The lowest BCUT2D eigenvalue weighted by molar-refractivity contribution is -0.396. The number of nitrogens with one attached hydrogen (secondary N) is 1. The summed E-state index contributed by atoms with van der Waals surface area (Å²) in [6, 6.07) is 13.6. The van der Waals surface area contributed by atoms with Gasteiger partial charge in [-0.2, -0.15) is 13.2 Å². The number of hydrogen-bond acceptors (Lipinski definition) is 6. The number of nitro groups is 2. The van der Waals surface area contributed by atoms with Crippen molar-refractivity contribution in [3.05, 3.63) is 86.5 Å². The predicted octanol–water partition coefficient (Wildman–Crippen LogP) is 5.86. The SMILES string of the molecule is O=[N+]([O-])c1cc(C(F)(F)F)cc([N+](=O)[O-])c1Oc1ccc(-c2nc3ccccc3[nH]2)cc1. The van der Waals surface area contributed by atoms with E-state index in [0.29, 0.717) is 11.4 Å². The Balaban J connectivity index is 1.71. The number of H-pyrrole nitrogens is 1. The molecule has 1 aromatic heterocycles. The number of fused-ring (bicyclic) bond motifs is 1. The molecule has 0 atom stereocenters. The Bertz CT molecular complexity index is 1280. The number of hydrogen-bond donors (Lipinski definition) is 1. The van der Waals surface area contributed by atoms with Crippen LogP contribution in [0.5, 0.6) is 11.5 Å². The van der Waals surface area contributed by atoms with Gasteiger partial charge in [0.1, 0.15) is 11.6 Å². The molecule has 12 heteroatoms. The molecule has 0 fully saturated rings. The van der Waals surface area contributed by atoms with Crippen LogP contribution in [0.15, 0.2) is 60.7 Å². The number of ether oxygens (including phenoxy) is 1. The summed E-state index contributed by atoms with van der Waals surface area (Å²) in [5.41, 5.74) is -1.70. The first kappa shape index (κ1) is 20.8. The van der Waals surface area contributed by atoms with E-state index in [1.165, 1.54) is 12.1 Å². The van der Waals surface area contributed by atoms with Crippen LogP contribution in [-0.2, 0) is 6.18 Å². The Kier molecular flexibility index (Phi) is 4.97. The first-order valence-corrected chi connectivity index (χ1v) is 8.90. The number of halogens is 3. The summed E-state index contributed by atoms with van der Waals surface area (Å²) < 4.78 is 44.4. The standard InChI is InChI=1S/C20H11F3N4O5/c21-20(22,23)12-9-16(26(28)29)18(17(10-12)27(30)31)32-13-7-5-11(6-8-13)19-24-14-3-1-2-4-15(14)25-19/h1-10H,(H,24,25). The molecule has 0 saturated heterocycles. The average molecular weight is 444 g/mol. The molecule has 9 nitrogen and oxygen atoms in total. The van der Waals surface area contributed by atoms with Crippen molar-refractivity contribution in [1.29, 1.82) is 0 Å². The van der Waals surface area contributed by atoms with Crippen LogP contribution in [0.2, 0.25) is 0 Å². The van der Waals surface area contributed by atoms with Crippen molar-refractivity contribution in [3.63, 3.8) is 0 Å². The lowest BCUT2D eigenvalue weighted by Crippen LogP contribution is -2.08. The monoisotopic (exact) mass is 444 g/mol. The van der Waals surface area contributed by atoms with E-state index in [4.69, 9.17) is 4.74 Å². The number of imidazole rings is 1. The zero-order valence-corrected chi connectivity index (χ0v) is 15.8. The quantitative estimate of drug-likeness (QED) is 0.304. The first-order valence-electron chi connectivity index (χ1n) is 8.90. The number of nitrogens with zero attached hydrogens (tertiary/aromatic N) is 3. The molecule has 0 saturated carbocycles. The van der Waals surface area contributed by atoms with Crippen molar-refractivity contribution in [2.75, 3.05) is 0 Å². The zero-order chi connectivity index (χ0) is 23.0. The summed E-state index contributed by atoms with van der Waals surface area (Å²) in [5, 5.41) is 22.6. The molecule has 1 heterocycles. The van der Waals surface area contributed by atoms with Crippen LogP contribution >= 0.6 is 0 Å². The molecule has 0 amide bonds. The molecule has 0 aliphatic heterocycles. The summed E-state index contributed by atoms with van der Waals surface area (Å²) >= 11 is 0. The van der Waals surface area contributed by atoms with Gasteiger partial charge in [-0.15, -0.1) is 0 Å². The summed E-state index contributed by atoms with van der Waals surface area (Å²) in [6.07, 6.45) is -5.01. The molecule has 4 rings (SSSR count). The number of rotatable bonds is 5. The minimum absolute atomic E-state index is 0.0455. The third-order valence-electron chi connectivity index (χ3n) is 4.51. The van der Waals surface area contributed by atoms with Gasteiger partial charge in [0.05, 0.1) is 26.4 Å². The van der Waals surface area contributed by atoms with Crippen molar-refractivity contribution >= 4 is 22.4 Å². The minimum atomic E-state index is -5.01. The van der Waals surface area contributed by atoms with E-state index < -0.39 is 38.7 Å². The number of aromatic nitrogens is 2. The molecule has 32 heavy (non-hydrogen) atoms. The fourth-order valence-corrected chi connectivity index (χ4v) is 3.03. The lowest BCUT2D eigenvalue weighted by Gasteiger charge is -2.11. The van der Waals surface area contributed by atoms with Gasteiger partial charge in [0.2, 0.25) is 0 Å². The van der Waals surface area contributed by atoms with E-state index in [2.05, 4.69) is 9.97 Å². The average Bonchev–Trinajstić information content (AvgIpc) is 3.17. The van der Waals surface area contributed by atoms with Crippen LogP contribution in [0, 0.1) is 20.2 Å². The second-order valence-electron chi connectivity index (χ2n) is 6.58. The number of alkyl halides is 3. The van der Waals surface area contributed by atoms with Crippen LogP contribution < -0.4 is 4.74 Å². The van der Waals surface area contributed by atoms with E-state index in [0.717, 1.165) is 11.0 Å². The molecular weight excluding hydrogens is 433 g/mol. The number of aromatic amines is 1. The molecular formula is C20H11F3N4O5. The van der Waals surface area contributed by atoms with Gasteiger partial charge in [-0.3, -0.25) is 20.2 Å². The van der Waals surface area contributed by atoms with Crippen LogP contribution in [0.3, 0.4) is 0 Å². The largest absolute Gasteiger partial charge is 0.444 e. The molecule has 0 radical (unpaired) electrons. The van der Waals surface area contributed by atoms with Crippen LogP contribution in [0.1, 0.15) is 5.56 Å². The van der Waals surface area contributed by atoms with Gasteiger partial charge in [-0.1, -0.05) is 12.1 Å². The Morgan fingerprint density at radius 3 is 2.03 bits per heavy atom. The van der Waals surface area contributed by atoms with Gasteiger partial charge in [0, 0.05) is 17.7 Å². The Morgan fingerprint density at radius 2 is 1.50 bits per heavy atom. The highest BCUT2D eigenvalue weighted by atomic mass is 19.4. The molecule has 3 aromatic carbocycles. The maximum absolute atomic E-state index is 13.0. The van der Waals surface area contributed by atoms with E-state index in [9.17, 15) is 33.4 Å². The topological polar surface area (TPSA) is 124 Å². The van der Waals surface area contributed by atoms with Crippen molar-refractivity contribution in [2.24, 2.45) is 0 Å². The third kappa shape index (κ3) is 3.93. The molecule has 0 aliphatic rings. The van der Waals surface area contributed by atoms with Crippen LogP contribution in [0.25, 0.3) is 22.4 Å². The second-order valence-corrected chi connectivity index (χ2v) is 6.58. The fourth-order valence-electron chi connectivity index (χ4n) is 3.03. The Hall–Kier alpha value is -4.48. The van der Waals surface area contributed by atoms with E-state index in [-0.39, 0.29) is 17.9 Å². The smallest absolute Gasteiger partial charge is 0.416 e. The third-order valence-corrected chi connectivity index (χ3v) is 4.51. The number of benzene rings is 3. The maximum Gasteiger partial charge on any atom is 0.416 e. The highest BCUT2D eigenvalue weighted by Gasteiger charge is 2.38. The molecule has 1 N–H and O–H groups in total. The highest BCUT2D eigenvalue weighted by molar-refractivity contribution is 5.79. The van der Waals surface area contributed by atoms with Crippen LogP contribution in [0.4, 0.5) is 24.5 Å². The van der Waals surface area contributed by atoms with E-state index in [1.807, 2.05) is 24.3 Å². The van der Waals surface area contributed by atoms with E-state index in [1.54, 1.807) is 12.1 Å². The van der Waals surface area contributed by atoms with Crippen molar-refractivity contribution < 1.29 is 27.8 Å². The van der Waals surface area contributed by atoms with Crippen molar-refractivity contribution in [1.82, 2.24) is 9.97 Å². The molecule has 0 bridgehead atoms. The Labute approximate surface area is 176 Å². The summed E-state index contributed by atoms with van der Waals surface area (Å²) in [4.78, 5) is 27.8. The number of para-hydroxylation sites is 2. The highest BCUT2D eigenvalue weighted by Crippen LogP contribution is 2.44. The first-order chi connectivity index (χ1) is 15.1. The zero-order valence-electron chi connectivity index (χ0n) is 15.8. The molecule has 0 aliphatic carbocycles. The van der Waals surface area contributed by atoms with Gasteiger partial charge in [0.15, 0.2) is 0 Å². The van der Waals surface area contributed by atoms with Gasteiger partial charge < -0.3 is 9.72 Å².